The van der Waals surface area contributed by atoms with Crippen LogP contribution in [0.4, 0.5) is 5.69 Å². The van der Waals surface area contributed by atoms with E-state index in [0.717, 1.165) is 0 Å². The van der Waals surface area contributed by atoms with Gasteiger partial charge in [0, 0.05) is 17.8 Å². The van der Waals surface area contributed by atoms with Gasteiger partial charge in [-0.2, -0.15) is 0 Å². The molecule has 0 unspecified atom stereocenters. The van der Waals surface area contributed by atoms with Crippen LogP contribution in [0.25, 0.3) is 0 Å². The van der Waals surface area contributed by atoms with Crippen LogP contribution in [0.5, 0.6) is 17.2 Å². The smallest absolute Gasteiger partial charge is 0.259 e. The van der Waals surface area contributed by atoms with Crippen LogP contribution in [-0.2, 0) is 4.79 Å². The fourth-order valence-electron chi connectivity index (χ4n) is 2.44. The zero-order chi connectivity index (χ0) is 20.6. The normalized spacial score (nSPS) is 10.1. The van der Waals surface area contributed by atoms with Gasteiger partial charge in [0.1, 0.15) is 17.2 Å². The summed E-state index contributed by atoms with van der Waals surface area (Å²) < 4.78 is 11.2. The minimum atomic E-state index is -0.344. The summed E-state index contributed by atoms with van der Waals surface area (Å²) in [4.78, 5) is 24.0. The van der Waals surface area contributed by atoms with E-state index in [1.807, 2.05) is 0 Å². The molecule has 0 bridgehead atoms. The summed E-state index contributed by atoms with van der Waals surface area (Å²) in [6, 6.07) is 20.7. The molecule has 0 saturated heterocycles. The average molecular weight is 411 g/mol. The monoisotopic (exact) mass is 410 g/mol. The first-order chi connectivity index (χ1) is 14.0. The summed E-state index contributed by atoms with van der Waals surface area (Å²) >= 11 is 5.86. The van der Waals surface area contributed by atoms with E-state index in [9.17, 15) is 9.59 Å². The topological polar surface area (TPSA) is 76.7 Å². The first kappa shape index (κ1) is 20.2. The third-order valence-corrected chi connectivity index (χ3v) is 4.18. The standard InChI is InChI=1S/C22H19ClN2O4/c1-24-21(26)14-28-20-5-3-2-4-19(20)22(27)25-16-8-12-18(13-9-16)29-17-10-6-15(23)7-11-17/h2-13H,14H2,1H3,(H,24,26)(H,25,27). The van der Waals surface area contributed by atoms with Crippen LogP contribution in [0.3, 0.4) is 0 Å². The quantitative estimate of drug-likeness (QED) is 0.600. The molecule has 0 fully saturated rings. The molecule has 29 heavy (non-hydrogen) atoms. The summed E-state index contributed by atoms with van der Waals surface area (Å²) in [7, 11) is 1.52. The van der Waals surface area contributed by atoms with Crippen molar-refractivity contribution in [3.63, 3.8) is 0 Å². The van der Waals surface area contributed by atoms with Gasteiger partial charge in [0.15, 0.2) is 6.61 Å². The predicted molar refractivity (Wildman–Crippen MR) is 112 cm³/mol. The number of anilines is 1. The molecule has 6 nitrogen and oxygen atoms in total. The van der Waals surface area contributed by atoms with Gasteiger partial charge < -0.3 is 20.1 Å². The van der Waals surface area contributed by atoms with Gasteiger partial charge >= 0.3 is 0 Å². The Morgan fingerprint density at radius 3 is 2.17 bits per heavy atom. The molecular weight excluding hydrogens is 392 g/mol. The maximum absolute atomic E-state index is 12.6. The number of ether oxygens (including phenoxy) is 2. The number of benzene rings is 3. The van der Waals surface area contributed by atoms with Gasteiger partial charge in [0.25, 0.3) is 11.8 Å². The highest BCUT2D eigenvalue weighted by molar-refractivity contribution is 6.30. The van der Waals surface area contributed by atoms with Crippen LogP contribution in [0.15, 0.2) is 72.8 Å². The Kier molecular flexibility index (Phi) is 6.71. The molecule has 2 amide bonds. The lowest BCUT2D eigenvalue weighted by Crippen LogP contribution is -2.25. The molecule has 0 atom stereocenters. The fourth-order valence-corrected chi connectivity index (χ4v) is 2.57. The van der Waals surface area contributed by atoms with Crippen molar-refractivity contribution in [3.05, 3.63) is 83.4 Å². The molecule has 0 radical (unpaired) electrons. The number of nitrogens with one attached hydrogen (secondary N) is 2. The van der Waals surface area contributed by atoms with Gasteiger partial charge in [-0.3, -0.25) is 9.59 Å². The van der Waals surface area contributed by atoms with E-state index in [1.54, 1.807) is 72.8 Å². The lowest BCUT2D eigenvalue weighted by Gasteiger charge is -2.12. The lowest BCUT2D eigenvalue weighted by atomic mass is 10.2. The highest BCUT2D eigenvalue weighted by Gasteiger charge is 2.13. The Morgan fingerprint density at radius 2 is 1.52 bits per heavy atom. The van der Waals surface area contributed by atoms with E-state index < -0.39 is 0 Å². The molecule has 3 rings (SSSR count). The molecule has 0 heterocycles. The van der Waals surface area contributed by atoms with Crippen LogP contribution >= 0.6 is 11.6 Å². The molecule has 3 aromatic carbocycles. The SMILES string of the molecule is CNC(=O)COc1ccccc1C(=O)Nc1ccc(Oc2ccc(Cl)cc2)cc1. The van der Waals surface area contributed by atoms with E-state index in [-0.39, 0.29) is 18.4 Å². The number of carbonyl (C=O) groups is 2. The second-order valence-corrected chi connectivity index (χ2v) is 6.43. The average Bonchev–Trinajstić information content (AvgIpc) is 2.75. The zero-order valence-corrected chi connectivity index (χ0v) is 16.4. The van der Waals surface area contributed by atoms with Crippen LogP contribution < -0.4 is 20.1 Å². The first-order valence-corrected chi connectivity index (χ1v) is 9.20. The largest absolute Gasteiger partial charge is 0.483 e. The number of rotatable bonds is 7. The zero-order valence-electron chi connectivity index (χ0n) is 15.6. The third-order valence-electron chi connectivity index (χ3n) is 3.93. The maximum atomic E-state index is 12.6. The van der Waals surface area contributed by atoms with Gasteiger partial charge in [-0.05, 0) is 60.7 Å². The summed E-state index contributed by atoms with van der Waals surface area (Å²) in [5.41, 5.74) is 0.928. The number of carbonyl (C=O) groups excluding carboxylic acids is 2. The second kappa shape index (κ2) is 9.61. The van der Waals surface area contributed by atoms with Crippen molar-refractivity contribution >= 4 is 29.1 Å². The van der Waals surface area contributed by atoms with Crippen molar-refractivity contribution < 1.29 is 19.1 Å². The third kappa shape index (κ3) is 5.73. The number of hydrogen-bond acceptors (Lipinski definition) is 4. The van der Waals surface area contributed by atoms with Gasteiger partial charge in [-0.15, -0.1) is 0 Å². The maximum Gasteiger partial charge on any atom is 0.259 e. The molecular formula is C22H19ClN2O4. The predicted octanol–water partition coefficient (Wildman–Crippen LogP) is 4.51. The molecule has 7 heteroatoms. The molecule has 0 aliphatic rings. The van der Waals surface area contributed by atoms with Crippen molar-refractivity contribution in [1.29, 1.82) is 0 Å². The van der Waals surface area contributed by atoms with E-state index in [4.69, 9.17) is 21.1 Å². The molecule has 2 N–H and O–H groups in total. The minimum absolute atomic E-state index is 0.169. The number of amides is 2. The molecule has 148 valence electrons. The minimum Gasteiger partial charge on any atom is -0.483 e. The highest BCUT2D eigenvalue weighted by Crippen LogP contribution is 2.25. The van der Waals surface area contributed by atoms with Crippen LogP contribution in [0.1, 0.15) is 10.4 Å². The Morgan fingerprint density at radius 1 is 0.897 bits per heavy atom. The molecule has 0 aliphatic heterocycles. The van der Waals surface area contributed by atoms with Gasteiger partial charge in [0.2, 0.25) is 0 Å². The fraction of sp³-hybridized carbons (Fsp3) is 0.0909. The van der Waals surface area contributed by atoms with E-state index >= 15 is 0 Å². The highest BCUT2D eigenvalue weighted by atomic mass is 35.5. The van der Waals surface area contributed by atoms with Crippen LogP contribution in [0, 0.1) is 0 Å². The van der Waals surface area contributed by atoms with Crippen LogP contribution in [0.2, 0.25) is 5.02 Å². The van der Waals surface area contributed by atoms with E-state index in [2.05, 4.69) is 10.6 Å². The lowest BCUT2D eigenvalue weighted by molar-refractivity contribution is -0.122. The summed E-state index contributed by atoms with van der Waals surface area (Å²) in [6.07, 6.45) is 0. The summed E-state index contributed by atoms with van der Waals surface area (Å²) in [5.74, 6) is 0.990. The summed E-state index contributed by atoms with van der Waals surface area (Å²) in [6.45, 7) is -0.169. The Balaban J connectivity index is 1.65. The van der Waals surface area contributed by atoms with Crippen molar-refractivity contribution in [2.75, 3.05) is 19.0 Å². The molecule has 3 aromatic rings. The van der Waals surface area contributed by atoms with E-state index in [0.29, 0.717) is 33.5 Å². The number of likely N-dealkylation sites (N-methyl/N-ethyl adjacent to an activating group) is 1. The Bertz CT molecular complexity index is 988. The molecule has 0 aliphatic carbocycles. The number of hydrogen-bond donors (Lipinski definition) is 2. The van der Waals surface area contributed by atoms with Crippen molar-refractivity contribution in [2.45, 2.75) is 0 Å². The molecule has 0 saturated carbocycles. The number of para-hydroxylation sites is 1. The van der Waals surface area contributed by atoms with Gasteiger partial charge in [-0.1, -0.05) is 23.7 Å². The van der Waals surface area contributed by atoms with Crippen molar-refractivity contribution in [2.24, 2.45) is 0 Å². The molecule has 0 spiro atoms. The molecule has 0 aromatic heterocycles. The van der Waals surface area contributed by atoms with Gasteiger partial charge in [-0.25, -0.2) is 0 Å². The first-order valence-electron chi connectivity index (χ1n) is 8.82. The van der Waals surface area contributed by atoms with Crippen molar-refractivity contribution in [3.8, 4) is 17.2 Å². The van der Waals surface area contributed by atoms with E-state index in [1.165, 1.54) is 7.05 Å². The van der Waals surface area contributed by atoms with Crippen molar-refractivity contribution in [1.82, 2.24) is 5.32 Å². The Hall–Kier alpha value is -3.51. The second-order valence-electron chi connectivity index (χ2n) is 5.99. The van der Waals surface area contributed by atoms with Gasteiger partial charge in [0.05, 0.1) is 5.56 Å². The summed E-state index contributed by atoms with van der Waals surface area (Å²) in [5, 5.41) is 5.91. The Labute approximate surface area is 173 Å². The van der Waals surface area contributed by atoms with Crippen LogP contribution in [-0.4, -0.2) is 25.5 Å². The number of halogens is 1.